The van der Waals surface area contributed by atoms with Gasteiger partial charge in [0.1, 0.15) is 0 Å². The van der Waals surface area contributed by atoms with Crippen molar-refractivity contribution in [3.63, 3.8) is 0 Å². The predicted octanol–water partition coefficient (Wildman–Crippen LogP) is 5.92. The van der Waals surface area contributed by atoms with Crippen LogP contribution in [-0.4, -0.2) is 35.8 Å². The van der Waals surface area contributed by atoms with Gasteiger partial charge in [-0.15, -0.1) is 11.8 Å². The summed E-state index contributed by atoms with van der Waals surface area (Å²) in [5.74, 6) is 1.11. The lowest BCUT2D eigenvalue weighted by molar-refractivity contribution is -0.123. The molecule has 40 heavy (non-hydrogen) atoms. The Balaban J connectivity index is 1.28. The van der Waals surface area contributed by atoms with Crippen LogP contribution >= 0.6 is 39.0 Å². The second-order valence-electron chi connectivity index (χ2n) is 11.6. The number of thioether (sulfide) groups is 1. The smallest absolute Gasteiger partial charge is 0.305 e. The molecule has 208 valence electrons. The minimum atomic E-state index is -0.335. The Morgan fingerprint density at radius 3 is 2.45 bits per heavy atom. The van der Waals surface area contributed by atoms with E-state index in [2.05, 4.69) is 40.8 Å². The molecule has 2 aromatic carbocycles. The molecule has 2 bridgehead atoms. The number of imide groups is 1. The number of hydrogen-bond acceptors (Lipinski definition) is 7. The summed E-state index contributed by atoms with van der Waals surface area (Å²) >= 11 is 6.40. The van der Waals surface area contributed by atoms with Crippen molar-refractivity contribution in [1.29, 1.82) is 0 Å². The zero-order chi connectivity index (χ0) is 27.9. The zero-order valence-corrected chi connectivity index (χ0v) is 25.5. The summed E-state index contributed by atoms with van der Waals surface area (Å²) in [6.07, 6.45) is 0.853. The largest absolute Gasteiger partial charge is 0.493 e. The number of aromatic nitrogens is 1. The number of benzene rings is 2. The zero-order valence-electron chi connectivity index (χ0n) is 22.3. The van der Waals surface area contributed by atoms with Gasteiger partial charge in [0.05, 0.1) is 36.3 Å². The minimum absolute atomic E-state index is 0.0580. The molecule has 7 nitrogen and oxygen atoms in total. The van der Waals surface area contributed by atoms with Gasteiger partial charge in [-0.05, 0) is 72.1 Å². The van der Waals surface area contributed by atoms with Crippen molar-refractivity contribution in [2.45, 2.75) is 36.5 Å². The van der Waals surface area contributed by atoms with Crippen LogP contribution in [0.1, 0.15) is 36.6 Å². The van der Waals surface area contributed by atoms with E-state index >= 15 is 0 Å². The summed E-state index contributed by atoms with van der Waals surface area (Å²) in [6.45, 7) is 4.79. The lowest BCUT2D eigenvalue weighted by Gasteiger charge is -2.43. The minimum Gasteiger partial charge on any atom is -0.493 e. The van der Waals surface area contributed by atoms with Gasteiger partial charge in [0.15, 0.2) is 11.5 Å². The summed E-state index contributed by atoms with van der Waals surface area (Å²) in [7, 11) is 1.64. The van der Waals surface area contributed by atoms with Gasteiger partial charge in [0.2, 0.25) is 11.8 Å². The number of thiazole rings is 1. The second-order valence-corrected chi connectivity index (χ2v) is 14.7. The molecule has 0 spiro atoms. The number of ether oxygens (including phenoxy) is 2. The van der Waals surface area contributed by atoms with Crippen LogP contribution in [0, 0.1) is 35.5 Å². The fourth-order valence-electron chi connectivity index (χ4n) is 7.49. The molecule has 2 aliphatic heterocycles. The monoisotopic (exact) mass is 640 g/mol. The van der Waals surface area contributed by atoms with Crippen LogP contribution in [0.4, 0.5) is 5.69 Å². The molecule has 7 atom stereocenters. The Hall–Kier alpha value is -2.56. The normalized spacial score (nSPS) is 30.0. The Bertz CT molecular complexity index is 1570. The Kier molecular flexibility index (Phi) is 6.44. The maximum atomic E-state index is 13.9. The molecule has 10 heteroatoms. The van der Waals surface area contributed by atoms with E-state index in [9.17, 15) is 14.4 Å². The number of H-pyrrole nitrogens is 1. The van der Waals surface area contributed by atoms with E-state index in [1.165, 1.54) is 16.2 Å². The number of carbonyl (C=O) groups excluding carboxylic acids is 2. The lowest BCUT2D eigenvalue weighted by atomic mass is 9.68. The average Bonchev–Trinajstić information content (AvgIpc) is 3.67. The number of nitrogens with one attached hydrogen (secondary N) is 1. The van der Waals surface area contributed by atoms with E-state index in [1.54, 1.807) is 18.9 Å². The molecule has 2 amide bonds. The molecule has 6 unspecified atom stereocenters. The maximum absolute atomic E-state index is 13.9. The predicted molar refractivity (Wildman–Crippen MR) is 158 cm³/mol. The molecule has 0 radical (unpaired) electrons. The number of amides is 2. The number of aromatic amines is 1. The summed E-state index contributed by atoms with van der Waals surface area (Å²) in [4.78, 5) is 45.7. The standard InChI is InChI=1S/C30H29BrN2O5S2/c1-13(2)12-38-19-9-4-14(10-20(19)37-3)21-22-17-11-18(25(22)39-27-26(21)40-30(36)32-27)24-23(17)28(34)33(29(24)35)16-7-5-15(31)6-8-16/h4-10,13,17-18,21-25H,11-12H2,1-3H3,(H,32,36)/t17?,18?,21-,22?,23?,24?,25?/m1/s1. The first-order valence-electron chi connectivity index (χ1n) is 13.6. The summed E-state index contributed by atoms with van der Waals surface area (Å²) < 4.78 is 12.7. The third kappa shape index (κ3) is 3.93. The molecule has 7 rings (SSSR count). The molecule has 3 aromatic rings. The van der Waals surface area contributed by atoms with Crippen molar-refractivity contribution < 1.29 is 19.1 Å². The van der Waals surface area contributed by atoms with E-state index in [4.69, 9.17) is 9.47 Å². The second kappa shape index (κ2) is 9.77. The average molecular weight is 642 g/mol. The Morgan fingerprint density at radius 1 is 1.02 bits per heavy atom. The van der Waals surface area contributed by atoms with Crippen LogP contribution in [0.25, 0.3) is 0 Å². The number of anilines is 1. The highest BCUT2D eigenvalue weighted by molar-refractivity contribution is 9.10. The van der Waals surface area contributed by atoms with Gasteiger partial charge in [-0.1, -0.05) is 47.2 Å². The van der Waals surface area contributed by atoms with E-state index in [0.717, 1.165) is 26.4 Å². The van der Waals surface area contributed by atoms with E-state index in [-0.39, 0.29) is 57.4 Å². The van der Waals surface area contributed by atoms with Crippen LogP contribution in [0.5, 0.6) is 11.5 Å². The van der Waals surface area contributed by atoms with Crippen molar-refractivity contribution >= 4 is 56.5 Å². The van der Waals surface area contributed by atoms with E-state index in [1.807, 2.05) is 36.4 Å². The first kappa shape index (κ1) is 26.3. The number of methoxy groups -OCH3 is 1. The van der Waals surface area contributed by atoms with Crippen LogP contribution in [-0.2, 0) is 9.59 Å². The third-order valence-electron chi connectivity index (χ3n) is 8.93. The molecule has 1 saturated heterocycles. The fourth-order valence-corrected chi connectivity index (χ4v) is 10.6. The van der Waals surface area contributed by atoms with Crippen molar-refractivity contribution in [2.75, 3.05) is 18.6 Å². The van der Waals surface area contributed by atoms with Crippen LogP contribution in [0.2, 0.25) is 0 Å². The van der Waals surface area contributed by atoms with Crippen molar-refractivity contribution in [1.82, 2.24) is 4.98 Å². The van der Waals surface area contributed by atoms with E-state index < -0.39 is 0 Å². The first-order chi connectivity index (χ1) is 19.3. The summed E-state index contributed by atoms with van der Waals surface area (Å²) in [5, 5.41) is 1.03. The van der Waals surface area contributed by atoms with Gasteiger partial charge in [-0.2, -0.15) is 0 Å². The number of fused-ring (bicyclic) bond motifs is 9. The fraction of sp³-hybridized carbons (Fsp3) is 0.433. The van der Waals surface area contributed by atoms with Crippen LogP contribution < -0.4 is 19.2 Å². The number of hydrogen-bond donors (Lipinski definition) is 1. The SMILES string of the molecule is COc1cc([C@H]2c3sc(=O)[nH]c3SC3C4CC(C5C(=O)N(c6ccc(Br)cc6)C(=O)C45)C32)ccc1OCC(C)C. The molecule has 2 aliphatic carbocycles. The molecule has 2 saturated carbocycles. The first-order valence-corrected chi connectivity index (χ1v) is 16.1. The third-order valence-corrected chi connectivity index (χ3v) is 12.0. The van der Waals surface area contributed by atoms with Gasteiger partial charge in [-0.3, -0.25) is 19.3 Å². The highest BCUT2D eigenvalue weighted by atomic mass is 79.9. The number of nitrogens with zero attached hydrogens (tertiary/aromatic N) is 1. The van der Waals surface area contributed by atoms with Crippen molar-refractivity contribution in [2.24, 2.45) is 35.5 Å². The van der Waals surface area contributed by atoms with Gasteiger partial charge < -0.3 is 14.5 Å². The molecule has 4 aliphatic rings. The molecular formula is C30H29BrN2O5S2. The Morgan fingerprint density at radius 2 is 1.75 bits per heavy atom. The van der Waals surface area contributed by atoms with Gasteiger partial charge >= 0.3 is 4.87 Å². The van der Waals surface area contributed by atoms with Gasteiger partial charge in [-0.25, -0.2) is 0 Å². The highest BCUT2D eigenvalue weighted by Crippen LogP contribution is 2.68. The molecular weight excluding hydrogens is 612 g/mol. The molecule has 3 heterocycles. The van der Waals surface area contributed by atoms with Crippen LogP contribution in [0.15, 0.2) is 56.8 Å². The van der Waals surface area contributed by atoms with Crippen molar-refractivity contribution in [3.05, 3.63) is 67.0 Å². The quantitative estimate of drug-likeness (QED) is 0.337. The number of halogens is 1. The number of carbonyl (C=O) groups is 2. The van der Waals surface area contributed by atoms with Gasteiger partial charge in [0, 0.05) is 20.5 Å². The van der Waals surface area contributed by atoms with Gasteiger partial charge in [0.25, 0.3) is 0 Å². The van der Waals surface area contributed by atoms with Crippen LogP contribution in [0.3, 0.4) is 0 Å². The van der Waals surface area contributed by atoms with E-state index in [0.29, 0.717) is 29.7 Å². The topological polar surface area (TPSA) is 88.7 Å². The molecule has 1 aromatic heterocycles. The Labute approximate surface area is 248 Å². The maximum Gasteiger partial charge on any atom is 0.305 e. The summed E-state index contributed by atoms with van der Waals surface area (Å²) in [5.41, 5.74) is 1.68. The summed E-state index contributed by atoms with van der Waals surface area (Å²) in [6, 6.07) is 13.4. The highest BCUT2D eigenvalue weighted by Gasteiger charge is 2.69. The van der Waals surface area contributed by atoms with Crippen molar-refractivity contribution in [3.8, 4) is 11.5 Å². The lowest BCUT2D eigenvalue weighted by Crippen LogP contribution is -2.42. The molecule has 1 N–H and O–H groups in total. The molecule has 3 fully saturated rings. The number of rotatable bonds is 6.